The van der Waals surface area contributed by atoms with Crippen LogP contribution in [0.25, 0.3) is 0 Å². The summed E-state index contributed by atoms with van der Waals surface area (Å²) in [5.74, 6) is 0.145. The van der Waals surface area contributed by atoms with Crippen LogP contribution < -0.4 is 0 Å². The van der Waals surface area contributed by atoms with Crippen LogP contribution in [0.3, 0.4) is 0 Å². The van der Waals surface area contributed by atoms with E-state index in [0.717, 1.165) is 30.5 Å². The Morgan fingerprint density at radius 3 is 2.93 bits per heavy atom. The van der Waals surface area contributed by atoms with Crippen molar-refractivity contribution in [2.45, 2.75) is 31.8 Å². The van der Waals surface area contributed by atoms with E-state index in [9.17, 15) is 14.3 Å². The number of halogens is 1. The lowest BCUT2D eigenvalue weighted by molar-refractivity contribution is 0.0694. The molecule has 1 N–H and O–H groups in total. The Morgan fingerprint density at radius 2 is 2.11 bits per heavy atom. The Labute approximate surface area is 162 Å². The third kappa shape index (κ3) is 3.97. The van der Waals surface area contributed by atoms with Gasteiger partial charge in [-0.1, -0.05) is 30.3 Å². The number of carboxylic acid groups (broad SMARTS) is 1. The lowest BCUT2D eigenvalue weighted by atomic mass is 10.1. The molecule has 0 saturated carbocycles. The average molecular weight is 380 g/mol. The topological polar surface area (TPSA) is 66.6 Å². The molecular weight excluding hydrogens is 359 g/mol. The first-order chi connectivity index (χ1) is 13.6. The van der Waals surface area contributed by atoms with Gasteiger partial charge in [0.2, 0.25) is 5.89 Å². The molecule has 1 saturated heterocycles. The molecule has 144 valence electrons. The molecule has 4 rings (SSSR count). The van der Waals surface area contributed by atoms with Crippen LogP contribution in [-0.4, -0.2) is 27.5 Å². The Hall–Kier alpha value is -2.99. The predicted molar refractivity (Wildman–Crippen MR) is 101 cm³/mol. The number of oxazole rings is 1. The minimum Gasteiger partial charge on any atom is -0.478 e. The van der Waals surface area contributed by atoms with Gasteiger partial charge < -0.3 is 9.52 Å². The molecule has 1 aliphatic rings. The van der Waals surface area contributed by atoms with E-state index < -0.39 is 5.97 Å². The first-order valence-electron chi connectivity index (χ1n) is 9.34. The second-order valence-electron chi connectivity index (χ2n) is 7.06. The molecule has 1 atom stereocenters. The fraction of sp³-hybridized carbons (Fsp3) is 0.273. The molecule has 28 heavy (non-hydrogen) atoms. The van der Waals surface area contributed by atoms with Crippen molar-refractivity contribution in [3.63, 3.8) is 0 Å². The van der Waals surface area contributed by atoms with Gasteiger partial charge in [-0.25, -0.2) is 14.2 Å². The molecule has 2 heterocycles. The van der Waals surface area contributed by atoms with Gasteiger partial charge in [0.1, 0.15) is 11.6 Å². The highest BCUT2D eigenvalue weighted by molar-refractivity contribution is 5.89. The Bertz CT molecular complexity index is 985. The molecule has 1 fully saturated rings. The number of hydrogen-bond acceptors (Lipinski definition) is 4. The van der Waals surface area contributed by atoms with Gasteiger partial charge in [-0.05, 0) is 48.7 Å². The number of hydrogen-bond donors (Lipinski definition) is 1. The molecule has 5 nitrogen and oxygen atoms in total. The van der Waals surface area contributed by atoms with Gasteiger partial charge in [-0.3, -0.25) is 4.90 Å². The summed E-state index contributed by atoms with van der Waals surface area (Å²) in [7, 11) is 0. The molecule has 1 aliphatic heterocycles. The van der Waals surface area contributed by atoms with Crippen LogP contribution in [-0.2, 0) is 13.0 Å². The van der Waals surface area contributed by atoms with E-state index in [1.165, 1.54) is 12.1 Å². The molecule has 1 aromatic heterocycles. The minimum absolute atomic E-state index is 0.0168. The highest BCUT2D eigenvalue weighted by atomic mass is 19.1. The van der Waals surface area contributed by atoms with E-state index in [4.69, 9.17) is 4.42 Å². The molecule has 0 spiro atoms. The number of benzene rings is 2. The third-order valence-corrected chi connectivity index (χ3v) is 5.11. The van der Waals surface area contributed by atoms with Crippen LogP contribution in [0.4, 0.5) is 4.39 Å². The first kappa shape index (κ1) is 18.4. The molecule has 6 heteroatoms. The van der Waals surface area contributed by atoms with E-state index >= 15 is 0 Å². The number of aromatic nitrogens is 1. The summed E-state index contributed by atoms with van der Waals surface area (Å²) in [5, 5.41) is 9.41. The van der Waals surface area contributed by atoms with Crippen LogP contribution in [0.2, 0.25) is 0 Å². The van der Waals surface area contributed by atoms with Crippen molar-refractivity contribution in [3.8, 4) is 0 Å². The van der Waals surface area contributed by atoms with Crippen molar-refractivity contribution in [1.82, 2.24) is 9.88 Å². The maximum atomic E-state index is 13.4. The van der Waals surface area contributed by atoms with Gasteiger partial charge in [-0.2, -0.15) is 0 Å². The van der Waals surface area contributed by atoms with Gasteiger partial charge in [0.15, 0.2) is 0 Å². The molecule has 3 aromatic rings. The summed E-state index contributed by atoms with van der Waals surface area (Å²) in [6.45, 7) is 1.40. The van der Waals surface area contributed by atoms with Crippen LogP contribution >= 0.6 is 0 Å². The highest BCUT2D eigenvalue weighted by Gasteiger charge is 2.30. The summed E-state index contributed by atoms with van der Waals surface area (Å²) in [6.07, 6.45) is 4.10. The summed E-state index contributed by atoms with van der Waals surface area (Å²) < 4.78 is 19.3. The molecule has 0 amide bonds. The maximum absolute atomic E-state index is 13.4. The number of aromatic carboxylic acids is 1. The van der Waals surface area contributed by atoms with Crippen molar-refractivity contribution >= 4 is 5.97 Å². The molecular formula is C22H21FN2O3. The van der Waals surface area contributed by atoms with Gasteiger partial charge in [0, 0.05) is 13.0 Å². The van der Waals surface area contributed by atoms with Crippen LogP contribution in [0.5, 0.6) is 0 Å². The lowest BCUT2D eigenvalue weighted by Gasteiger charge is -2.22. The third-order valence-electron chi connectivity index (χ3n) is 5.11. The molecule has 0 aliphatic carbocycles. The smallest absolute Gasteiger partial charge is 0.336 e. The molecule has 0 radical (unpaired) electrons. The van der Waals surface area contributed by atoms with Crippen molar-refractivity contribution in [1.29, 1.82) is 0 Å². The van der Waals surface area contributed by atoms with Gasteiger partial charge in [0.05, 0.1) is 17.8 Å². The number of rotatable bonds is 6. The van der Waals surface area contributed by atoms with Crippen molar-refractivity contribution < 1.29 is 18.7 Å². The van der Waals surface area contributed by atoms with Gasteiger partial charge in [0.25, 0.3) is 0 Å². The zero-order valence-corrected chi connectivity index (χ0v) is 15.3. The van der Waals surface area contributed by atoms with Crippen LogP contribution in [0.1, 0.15) is 52.0 Å². The van der Waals surface area contributed by atoms with E-state index in [-0.39, 0.29) is 11.9 Å². The number of carboxylic acids is 1. The zero-order chi connectivity index (χ0) is 19.5. The summed E-state index contributed by atoms with van der Waals surface area (Å²) in [4.78, 5) is 18.1. The number of carbonyl (C=O) groups is 1. The lowest BCUT2D eigenvalue weighted by Crippen LogP contribution is -2.24. The van der Waals surface area contributed by atoms with E-state index in [2.05, 4.69) is 9.88 Å². The van der Waals surface area contributed by atoms with Crippen molar-refractivity contribution in [2.75, 3.05) is 6.54 Å². The Morgan fingerprint density at radius 1 is 1.25 bits per heavy atom. The normalized spacial score (nSPS) is 17.1. The highest BCUT2D eigenvalue weighted by Crippen LogP contribution is 2.33. The average Bonchev–Trinajstić information content (AvgIpc) is 3.31. The maximum Gasteiger partial charge on any atom is 0.336 e. The number of nitrogens with zero attached hydrogens (tertiary/aromatic N) is 2. The zero-order valence-electron chi connectivity index (χ0n) is 15.3. The molecule has 1 unspecified atom stereocenters. The van der Waals surface area contributed by atoms with E-state index in [0.29, 0.717) is 30.2 Å². The molecule has 0 bridgehead atoms. The van der Waals surface area contributed by atoms with Crippen LogP contribution in [0.15, 0.2) is 59.1 Å². The monoisotopic (exact) mass is 380 g/mol. The van der Waals surface area contributed by atoms with Crippen molar-refractivity contribution in [3.05, 3.63) is 88.9 Å². The predicted octanol–water partition coefficient (Wildman–Crippen LogP) is 4.44. The SMILES string of the molecule is O=C(O)c1ccccc1CN1CCCC1c1ncc(Cc2cccc(F)c2)o1. The largest absolute Gasteiger partial charge is 0.478 e. The molecule has 2 aromatic carbocycles. The standard InChI is InChI=1S/C22H21FN2O3/c23-17-7-3-5-15(11-17)12-18-13-24-21(28-18)20-9-4-10-25(20)14-16-6-1-2-8-19(16)22(26)27/h1-3,5-8,11,13,20H,4,9-10,12,14H2,(H,26,27). The number of likely N-dealkylation sites (tertiary alicyclic amines) is 1. The van der Waals surface area contributed by atoms with Crippen LogP contribution in [0, 0.1) is 5.82 Å². The second-order valence-corrected chi connectivity index (χ2v) is 7.06. The van der Waals surface area contributed by atoms with Crippen molar-refractivity contribution in [2.24, 2.45) is 0 Å². The Balaban J connectivity index is 1.50. The van der Waals surface area contributed by atoms with Gasteiger partial charge in [-0.15, -0.1) is 0 Å². The van der Waals surface area contributed by atoms with E-state index in [1.54, 1.807) is 24.4 Å². The summed E-state index contributed by atoms with van der Waals surface area (Å²) >= 11 is 0. The summed E-state index contributed by atoms with van der Waals surface area (Å²) in [6, 6.07) is 13.5. The first-order valence-corrected chi connectivity index (χ1v) is 9.34. The minimum atomic E-state index is -0.917. The fourth-order valence-corrected chi connectivity index (χ4v) is 3.79. The summed E-state index contributed by atoms with van der Waals surface area (Å²) in [5.41, 5.74) is 1.95. The quantitative estimate of drug-likeness (QED) is 0.685. The fourth-order valence-electron chi connectivity index (χ4n) is 3.79. The second kappa shape index (κ2) is 7.94. The van der Waals surface area contributed by atoms with E-state index in [1.807, 2.05) is 18.2 Å². The Kier molecular flexibility index (Phi) is 5.21. The van der Waals surface area contributed by atoms with Gasteiger partial charge >= 0.3 is 5.97 Å².